The zero-order valence-corrected chi connectivity index (χ0v) is 12.5. The Hall–Kier alpha value is -2.66. The van der Waals surface area contributed by atoms with E-state index in [-0.39, 0.29) is 6.04 Å². The molecule has 2 heterocycles. The Kier molecular flexibility index (Phi) is 3.33. The Balaban J connectivity index is 1.72. The average Bonchev–Trinajstić information content (AvgIpc) is 3.22. The summed E-state index contributed by atoms with van der Waals surface area (Å²) >= 11 is 1.64. The molecule has 108 valence electrons. The van der Waals surface area contributed by atoms with Gasteiger partial charge in [0, 0.05) is 11.6 Å². The molecule has 1 atom stereocenters. The number of hydrogen-bond donors (Lipinski definition) is 2. The van der Waals surface area contributed by atoms with Gasteiger partial charge in [-0.1, -0.05) is 42.5 Å². The summed E-state index contributed by atoms with van der Waals surface area (Å²) in [5, 5.41) is 6.48. The highest BCUT2D eigenvalue weighted by atomic mass is 32.1. The van der Waals surface area contributed by atoms with Gasteiger partial charge in [-0.25, -0.2) is 9.97 Å². The molecule has 0 bridgehead atoms. The number of hydrogen-bond acceptors (Lipinski definition) is 4. The molecule has 0 aliphatic heterocycles. The predicted octanol–water partition coefficient (Wildman–Crippen LogP) is 4.22. The van der Waals surface area contributed by atoms with Crippen LogP contribution in [0.15, 0.2) is 66.2 Å². The van der Waals surface area contributed by atoms with E-state index < -0.39 is 0 Å². The lowest BCUT2D eigenvalue weighted by Gasteiger charge is -2.16. The van der Waals surface area contributed by atoms with Crippen molar-refractivity contribution >= 4 is 28.3 Å². The van der Waals surface area contributed by atoms with Crippen LogP contribution in [-0.4, -0.2) is 15.0 Å². The van der Waals surface area contributed by atoms with Gasteiger partial charge in [0.25, 0.3) is 0 Å². The van der Waals surface area contributed by atoms with E-state index in [0.717, 1.165) is 27.6 Å². The maximum atomic E-state index is 4.60. The second-order valence-electron chi connectivity index (χ2n) is 4.96. The monoisotopic (exact) mass is 306 g/mol. The van der Waals surface area contributed by atoms with Crippen LogP contribution in [0.1, 0.15) is 16.6 Å². The summed E-state index contributed by atoms with van der Waals surface area (Å²) < 4.78 is 0. The third-order valence-corrected chi connectivity index (χ3v) is 4.34. The van der Waals surface area contributed by atoms with Gasteiger partial charge in [-0.15, -0.1) is 11.3 Å². The third kappa shape index (κ3) is 2.46. The average molecular weight is 306 g/mol. The van der Waals surface area contributed by atoms with Crippen molar-refractivity contribution in [3.05, 3.63) is 76.7 Å². The summed E-state index contributed by atoms with van der Waals surface area (Å²) in [5.74, 6) is 0.755. The maximum absolute atomic E-state index is 4.60. The Bertz CT molecular complexity index is 835. The molecule has 4 aromatic rings. The maximum Gasteiger partial charge on any atom is 0.202 e. The number of anilines is 1. The molecule has 4 rings (SSSR count). The second kappa shape index (κ2) is 5.61. The lowest BCUT2D eigenvalue weighted by molar-refractivity contribution is 0.904. The van der Waals surface area contributed by atoms with Gasteiger partial charge in [-0.05, 0) is 17.7 Å². The Morgan fingerprint density at radius 1 is 1.00 bits per heavy atom. The molecular formula is C17H14N4S. The molecule has 0 saturated heterocycles. The quantitative estimate of drug-likeness (QED) is 0.593. The van der Waals surface area contributed by atoms with E-state index in [2.05, 4.69) is 32.4 Å². The zero-order chi connectivity index (χ0) is 14.8. The normalized spacial score (nSPS) is 12.4. The summed E-state index contributed by atoms with van der Waals surface area (Å²) in [4.78, 5) is 12.4. The number of aromatic nitrogens is 3. The van der Waals surface area contributed by atoms with E-state index in [1.807, 2.05) is 54.0 Å². The fourth-order valence-electron chi connectivity index (χ4n) is 2.47. The van der Waals surface area contributed by atoms with Crippen molar-refractivity contribution in [3.8, 4) is 0 Å². The first kappa shape index (κ1) is 13.0. The van der Waals surface area contributed by atoms with Crippen LogP contribution in [0.5, 0.6) is 0 Å². The summed E-state index contributed by atoms with van der Waals surface area (Å²) in [5.41, 5.74) is 3.14. The highest BCUT2D eigenvalue weighted by Gasteiger charge is 2.17. The van der Waals surface area contributed by atoms with E-state index in [9.17, 15) is 0 Å². The highest BCUT2D eigenvalue weighted by Crippen LogP contribution is 2.27. The van der Waals surface area contributed by atoms with E-state index in [0.29, 0.717) is 0 Å². The van der Waals surface area contributed by atoms with Crippen molar-refractivity contribution in [1.82, 2.24) is 15.0 Å². The van der Waals surface area contributed by atoms with Gasteiger partial charge in [0.05, 0.1) is 11.0 Å². The molecule has 0 saturated carbocycles. The Morgan fingerprint density at radius 2 is 1.82 bits per heavy atom. The van der Waals surface area contributed by atoms with Gasteiger partial charge in [0.2, 0.25) is 5.95 Å². The number of aromatic amines is 1. The van der Waals surface area contributed by atoms with Crippen LogP contribution in [0.25, 0.3) is 11.0 Å². The molecule has 2 aromatic carbocycles. The van der Waals surface area contributed by atoms with Gasteiger partial charge >= 0.3 is 0 Å². The van der Waals surface area contributed by atoms with E-state index in [1.165, 1.54) is 0 Å². The number of para-hydroxylation sites is 2. The van der Waals surface area contributed by atoms with Gasteiger partial charge < -0.3 is 10.3 Å². The summed E-state index contributed by atoms with van der Waals surface area (Å²) in [6, 6.07) is 18.3. The predicted molar refractivity (Wildman–Crippen MR) is 90.1 cm³/mol. The number of nitrogens with zero attached hydrogens (tertiary/aromatic N) is 2. The van der Waals surface area contributed by atoms with Crippen molar-refractivity contribution in [2.45, 2.75) is 6.04 Å². The fraction of sp³-hybridized carbons (Fsp3) is 0.0588. The molecule has 0 spiro atoms. The van der Waals surface area contributed by atoms with Gasteiger partial charge in [-0.2, -0.15) is 0 Å². The van der Waals surface area contributed by atoms with Crippen LogP contribution in [0.3, 0.4) is 0 Å². The minimum absolute atomic E-state index is 0.0123. The summed E-state index contributed by atoms with van der Waals surface area (Å²) in [6.07, 6.45) is 1.83. The number of H-pyrrole nitrogens is 1. The van der Waals surface area contributed by atoms with Gasteiger partial charge in [-0.3, -0.25) is 0 Å². The molecule has 2 aromatic heterocycles. The summed E-state index contributed by atoms with van der Waals surface area (Å²) in [7, 11) is 0. The molecule has 0 aliphatic carbocycles. The van der Waals surface area contributed by atoms with Crippen molar-refractivity contribution in [1.29, 1.82) is 0 Å². The standard InChI is InChI=1S/C17H14N4S/c1-2-6-12(7-3-1)15(16-18-10-11-22-16)21-17-19-13-8-4-5-9-14(13)20-17/h1-11,15H,(H2,19,20,21). The number of imidazole rings is 1. The first-order chi connectivity index (χ1) is 10.9. The van der Waals surface area contributed by atoms with E-state index in [4.69, 9.17) is 0 Å². The van der Waals surface area contributed by atoms with Crippen molar-refractivity contribution in [2.24, 2.45) is 0 Å². The topological polar surface area (TPSA) is 53.6 Å². The number of fused-ring (bicyclic) bond motifs is 1. The molecule has 0 aliphatic rings. The number of benzene rings is 2. The lowest BCUT2D eigenvalue weighted by atomic mass is 10.1. The molecule has 22 heavy (non-hydrogen) atoms. The fourth-order valence-corrected chi connectivity index (χ4v) is 3.18. The molecule has 5 heteroatoms. The number of rotatable bonds is 4. The SMILES string of the molecule is c1ccc(C(Nc2nc3ccccc3[nH]2)c2nccs2)cc1. The second-order valence-corrected chi connectivity index (χ2v) is 5.89. The molecule has 2 N–H and O–H groups in total. The molecule has 4 nitrogen and oxygen atoms in total. The van der Waals surface area contributed by atoms with Gasteiger partial charge in [0.1, 0.15) is 11.0 Å². The van der Waals surface area contributed by atoms with E-state index in [1.54, 1.807) is 11.3 Å². The molecule has 0 amide bonds. The van der Waals surface area contributed by atoms with Crippen molar-refractivity contribution < 1.29 is 0 Å². The smallest absolute Gasteiger partial charge is 0.202 e. The molecule has 0 radical (unpaired) electrons. The lowest BCUT2D eigenvalue weighted by Crippen LogP contribution is -2.12. The van der Waals surface area contributed by atoms with Crippen LogP contribution in [0.4, 0.5) is 5.95 Å². The first-order valence-electron chi connectivity index (χ1n) is 7.06. The Morgan fingerprint density at radius 3 is 2.59 bits per heavy atom. The van der Waals surface area contributed by atoms with Crippen LogP contribution < -0.4 is 5.32 Å². The number of nitrogens with one attached hydrogen (secondary N) is 2. The molecular weight excluding hydrogens is 292 g/mol. The first-order valence-corrected chi connectivity index (χ1v) is 7.94. The van der Waals surface area contributed by atoms with Crippen LogP contribution in [0, 0.1) is 0 Å². The minimum Gasteiger partial charge on any atom is -0.342 e. The van der Waals surface area contributed by atoms with Crippen LogP contribution >= 0.6 is 11.3 Å². The van der Waals surface area contributed by atoms with E-state index >= 15 is 0 Å². The molecule has 1 unspecified atom stereocenters. The third-order valence-electron chi connectivity index (χ3n) is 3.50. The van der Waals surface area contributed by atoms with Crippen molar-refractivity contribution in [2.75, 3.05) is 5.32 Å². The van der Waals surface area contributed by atoms with Crippen molar-refractivity contribution in [3.63, 3.8) is 0 Å². The Labute approximate surface area is 131 Å². The summed E-state index contributed by atoms with van der Waals surface area (Å²) in [6.45, 7) is 0. The zero-order valence-electron chi connectivity index (χ0n) is 11.7. The van der Waals surface area contributed by atoms with Gasteiger partial charge in [0.15, 0.2) is 0 Å². The van der Waals surface area contributed by atoms with Crippen LogP contribution in [-0.2, 0) is 0 Å². The highest BCUT2D eigenvalue weighted by molar-refractivity contribution is 7.09. The van der Waals surface area contributed by atoms with Crippen LogP contribution in [0.2, 0.25) is 0 Å². The molecule has 0 fully saturated rings. The minimum atomic E-state index is -0.0123. The largest absolute Gasteiger partial charge is 0.342 e. The number of thiazole rings is 1.